The second-order valence-electron chi connectivity index (χ2n) is 6.17. The van der Waals surface area contributed by atoms with Crippen LogP contribution in [0.1, 0.15) is 24.2 Å². The number of hydrogen-bond acceptors (Lipinski definition) is 5. The van der Waals surface area contributed by atoms with E-state index >= 15 is 0 Å². The van der Waals surface area contributed by atoms with E-state index in [1.54, 1.807) is 0 Å². The Balaban J connectivity index is 1.56. The van der Waals surface area contributed by atoms with E-state index in [1.165, 1.54) is 21.7 Å². The summed E-state index contributed by atoms with van der Waals surface area (Å²) in [5.41, 5.74) is -0.489. The molecule has 1 aliphatic carbocycles. The van der Waals surface area contributed by atoms with E-state index in [2.05, 4.69) is 15.5 Å². The molecule has 4 rings (SSSR count). The molecule has 2 heterocycles. The zero-order valence-corrected chi connectivity index (χ0v) is 13.3. The molecule has 26 heavy (non-hydrogen) atoms. The molecule has 1 aliphatic heterocycles. The second kappa shape index (κ2) is 5.78. The number of aromatic nitrogens is 4. The monoisotopic (exact) mass is 366 g/mol. The Morgan fingerprint density at radius 2 is 1.81 bits per heavy atom. The Kier molecular flexibility index (Phi) is 3.67. The number of carbonyl (C=O) groups is 2. The highest BCUT2D eigenvalue weighted by Crippen LogP contribution is 2.31. The topological polar surface area (TPSA) is 84.2 Å². The van der Waals surface area contributed by atoms with Crippen molar-refractivity contribution in [2.75, 3.05) is 6.54 Å². The second-order valence-corrected chi connectivity index (χ2v) is 6.17. The molecule has 3 amide bonds. The first-order valence-electron chi connectivity index (χ1n) is 7.90. The third-order valence-electron chi connectivity index (χ3n) is 4.34. The lowest BCUT2D eigenvalue weighted by molar-refractivity contribution is -0.137. The van der Waals surface area contributed by atoms with Crippen molar-refractivity contribution in [3.8, 4) is 5.69 Å². The molecule has 1 aromatic carbocycles. The largest absolute Gasteiger partial charge is 0.416 e. The van der Waals surface area contributed by atoms with E-state index in [9.17, 15) is 22.8 Å². The Hall–Kier alpha value is -2.98. The van der Waals surface area contributed by atoms with E-state index in [1.807, 2.05) is 0 Å². The van der Waals surface area contributed by atoms with Gasteiger partial charge in [-0.15, -0.1) is 5.10 Å². The van der Waals surface area contributed by atoms with Gasteiger partial charge >= 0.3 is 12.2 Å². The van der Waals surface area contributed by atoms with E-state index in [0.29, 0.717) is 5.69 Å². The summed E-state index contributed by atoms with van der Waals surface area (Å²) < 4.78 is 39.2. The van der Waals surface area contributed by atoms with Crippen molar-refractivity contribution in [1.82, 2.24) is 30.0 Å². The van der Waals surface area contributed by atoms with Crippen LogP contribution in [0.4, 0.5) is 18.0 Å². The van der Waals surface area contributed by atoms with Crippen molar-refractivity contribution in [1.29, 1.82) is 0 Å². The van der Waals surface area contributed by atoms with Gasteiger partial charge in [-0.1, -0.05) is 0 Å². The molecular weight excluding hydrogens is 353 g/mol. The normalized spacial score (nSPS) is 18.1. The standard InChI is InChI=1S/C15H13F3N6O2/c16-15(17,18)9-1-3-11(4-2-9)24-12(19-20-21-24)7-23-13(25)8-22(14(23)26)10-5-6-10/h1-4,10H,5-8H2. The highest BCUT2D eigenvalue weighted by atomic mass is 19.4. The predicted octanol–water partition coefficient (Wildman–Crippen LogP) is 1.61. The summed E-state index contributed by atoms with van der Waals surface area (Å²) >= 11 is 0. The number of imide groups is 1. The quantitative estimate of drug-likeness (QED) is 0.768. The van der Waals surface area contributed by atoms with Gasteiger partial charge in [-0.2, -0.15) is 17.9 Å². The molecule has 0 spiro atoms. The summed E-state index contributed by atoms with van der Waals surface area (Å²) in [5, 5.41) is 11.1. The minimum atomic E-state index is -4.44. The molecule has 136 valence electrons. The number of hydrogen-bond donors (Lipinski definition) is 0. The number of alkyl halides is 3. The predicted molar refractivity (Wildman–Crippen MR) is 79.8 cm³/mol. The molecule has 11 heteroatoms. The van der Waals surface area contributed by atoms with Crippen molar-refractivity contribution < 1.29 is 22.8 Å². The molecule has 0 N–H and O–H groups in total. The maximum absolute atomic E-state index is 12.7. The molecule has 1 aromatic heterocycles. The van der Waals surface area contributed by atoms with Crippen molar-refractivity contribution in [3.05, 3.63) is 35.7 Å². The van der Waals surface area contributed by atoms with Crippen molar-refractivity contribution >= 4 is 11.9 Å². The lowest BCUT2D eigenvalue weighted by Gasteiger charge is -2.16. The van der Waals surface area contributed by atoms with Gasteiger partial charge < -0.3 is 4.90 Å². The SMILES string of the molecule is O=C1CN(C2CC2)C(=O)N1Cc1nnnn1-c1ccc(C(F)(F)F)cc1. The number of rotatable bonds is 4. The first-order valence-corrected chi connectivity index (χ1v) is 7.90. The molecule has 2 aromatic rings. The highest BCUT2D eigenvalue weighted by molar-refractivity contribution is 6.02. The van der Waals surface area contributed by atoms with Gasteiger partial charge in [0.15, 0.2) is 5.82 Å². The average Bonchev–Trinajstić information content (AvgIpc) is 3.27. The zero-order chi connectivity index (χ0) is 18.5. The molecular formula is C15H13F3N6O2. The number of carbonyl (C=O) groups excluding carboxylic acids is 2. The third kappa shape index (κ3) is 2.89. The van der Waals surface area contributed by atoms with Crippen molar-refractivity contribution in [2.24, 2.45) is 0 Å². The van der Waals surface area contributed by atoms with Crippen LogP contribution in [0.5, 0.6) is 0 Å². The molecule has 0 atom stereocenters. The first-order chi connectivity index (χ1) is 12.3. The number of tetrazole rings is 1. The van der Waals surface area contributed by atoms with Crippen LogP contribution in [-0.4, -0.2) is 54.5 Å². The number of nitrogens with zero attached hydrogens (tertiary/aromatic N) is 6. The molecule has 0 unspecified atom stereocenters. The molecule has 8 nitrogen and oxygen atoms in total. The number of amides is 3. The van der Waals surface area contributed by atoms with Gasteiger partial charge in [0, 0.05) is 6.04 Å². The summed E-state index contributed by atoms with van der Waals surface area (Å²) in [4.78, 5) is 27.1. The van der Waals surface area contributed by atoms with Gasteiger partial charge in [-0.25, -0.2) is 4.79 Å². The molecule has 0 bridgehead atoms. The summed E-state index contributed by atoms with van der Waals surface area (Å²) in [7, 11) is 0. The zero-order valence-electron chi connectivity index (χ0n) is 13.3. The maximum Gasteiger partial charge on any atom is 0.416 e. The number of benzene rings is 1. The lowest BCUT2D eigenvalue weighted by atomic mass is 10.2. The minimum Gasteiger partial charge on any atom is -0.312 e. The summed E-state index contributed by atoms with van der Waals surface area (Å²) in [5.74, 6) is -0.159. The van der Waals surface area contributed by atoms with Gasteiger partial charge in [-0.05, 0) is 47.5 Å². The summed E-state index contributed by atoms with van der Waals surface area (Å²) in [6.07, 6.45) is -2.67. The van der Waals surface area contributed by atoms with Crippen molar-refractivity contribution in [2.45, 2.75) is 31.6 Å². The van der Waals surface area contributed by atoms with Gasteiger partial charge in [0.05, 0.1) is 17.8 Å². The molecule has 1 saturated heterocycles. The Bertz CT molecular complexity index is 859. The number of urea groups is 1. The molecule has 0 radical (unpaired) electrons. The average molecular weight is 366 g/mol. The van der Waals surface area contributed by atoms with Crippen LogP contribution in [0.2, 0.25) is 0 Å². The minimum absolute atomic E-state index is 0.0331. The summed E-state index contributed by atoms with van der Waals surface area (Å²) in [6.45, 7) is -0.111. The first kappa shape index (κ1) is 16.5. The van der Waals surface area contributed by atoms with E-state index in [0.717, 1.165) is 29.9 Å². The molecule has 2 aliphatic rings. The van der Waals surface area contributed by atoms with Crippen LogP contribution in [0.3, 0.4) is 0 Å². The van der Waals surface area contributed by atoms with Crippen LogP contribution < -0.4 is 0 Å². The Morgan fingerprint density at radius 3 is 2.42 bits per heavy atom. The fraction of sp³-hybridized carbons (Fsp3) is 0.400. The Labute approximate surface area is 145 Å². The lowest BCUT2D eigenvalue weighted by Crippen LogP contribution is -2.34. The van der Waals surface area contributed by atoms with Gasteiger partial charge in [0.2, 0.25) is 0 Å². The van der Waals surface area contributed by atoms with Crippen LogP contribution in [0.25, 0.3) is 5.69 Å². The fourth-order valence-electron chi connectivity index (χ4n) is 2.83. The van der Waals surface area contributed by atoms with Gasteiger partial charge in [0.25, 0.3) is 5.91 Å². The van der Waals surface area contributed by atoms with Crippen LogP contribution in [0.15, 0.2) is 24.3 Å². The maximum atomic E-state index is 12.7. The van der Waals surface area contributed by atoms with E-state index in [-0.39, 0.29) is 36.9 Å². The van der Waals surface area contributed by atoms with Gasteiger partial charge in [-0.3, -0.25) is 9.69 Å². The number of halogens is 3. The van der Waals surface area contributed by atoms with E-state index in [4.69, 9.17) is 0 Å². The summed E-state index contributed by atoms with van der Waals surface area (Å²) in [6, 6.07) is 4.02. The van der Waals surface area contributed by atoms with Crippen LogP contribution >= 0.6 is 0 Å². The highest BCUT2D eigenvalue weighted by Gasteiger charge is 2.44. The van der Waals surface area contributed by atoms with E-state index < -0.39 is 11.7 Å². The Morgan fingerprint density at radius 1 is 1.12 bits per heavy atom. The van der Waals surface area contributed by atoms with Gasteiger partial charge in [0.1, 0.15) is 6.54 Å². The smallest absolute Gasteiger partial charge is 0.312 e. The third-order valence-corrected chi connectivity index (χ3v) is 4.34. The van der Waals surface area contributed by atoms with Crippen LogP contribution in [-0.2, 0) is 17.5 Å². The van der Waals surface area contributed by atoms with Crippen molar-refractivity contribution in [3.63, 3.8) is 0 Å². The molecule has 2 fully saturated rings. The fourth-order valence-corrected chi connectivity index (χ4v) is 2.83. The molecule has 1 saturated carbocycles. The van der Waals surface area contributed by atoms with Crippen LogP contribution in [0, 0.1) is 0 Å².